The lowest BCUT2D eigenvalue weighted by molar-refractivity contribution is -0.172. The van der Waals surface area contributed by atoms with Gasteiger partial charge in [-0.05, 0) is 47.2 Å². The molecule has 1 aromatic rings. The van der Waals surface area contributed by atoms with Gasteiger partial charge in [0.05, 0.1) is 23.3 Å². The van der Waals surface area contributed by atoms with Crippen molar-refractivity contribution in [1.29, 1.82) is 0 Å². The van der Waals surface area contributed by atoms with Gasteiger partial charge in [0.2, 0.25) is 11.8 Å². The molecule has 0 bridgehead atoms. The van der Waals surface area contributed by atoms with Crippen LogP contribution in [0.3, 0.4) is 0 Å². The van der Waals surface area contributed by atoms with Crippen LogP contribution in [-0.2, 0) is 9.59 Å². The van der Waals surface area contributed by atoms with Gasteiger partial charge in [0.15, 0.2) is 11.5 Å². The van der Waals surface area contributed by atoms with Gasteiger partial charge in [0.25, 0.3) is 0 Å². The summed E-state index contributed by atoms with van der Waals surface area (Å²) in [6, 6.07) is 1.40. The molecule has 3 N–H and O–H groups in total. The zero-order valence-corrected chi connectivity index (χ0v) is 22.1. The molecule has 0 saturated carbocycles. The van der Waals surface area contributed by atoms with Gasteiger partial charge in [-0.25, -0.2) is 0 Å². The van der Waals surface area contributed by atoms with E-state index in [0.29, 0.717) is 14.8 Å². The number of aliphatic hydroxyl groups is 2. The summed E-state index contributed by atoms with van der Waals surface area (Å²) in [5.41, 5.74) is 0.246. The van der Waals surface area contributed by atoms with E-state index < -0.39 is 42.8 Å². The van der Waals surface area contributed by atoms with Crippen molar-refractivity contribution in [2.45, 2.75) is 43.7 Å². The molecule has 2 amide bonds. The van der Waals surface area contributed by atoms with E-state index in [-0.39, 0.29) is 55.0 Å². The van der Waals surface area contributed by atoms with Gasteiger partial charge >= 0.3 is 6.18 Å². The highest BCUT2D eigenvalue weighted by atomic mass is 127. The summed E-state index contributed by atoms with van der Waals surface area (Å²) in [4.78, 5) is 37.2. The van der Waals surface area contributed by atoms with E-state index in [1.807, 2.05) is 22.6 Å². The molecule has 3 atom stereocenters. The monoisotopic (exact) mass is 640 g/mol. The molecule has 1 aliphatic carbocycles. The molecular formula is C24H28F3IN2O7. The third-order valence-electron chi connectivity index (χ3n) is 5.49. The van der Waals surface area contributed by atoms with Crippen LogP contribution in [0, 0.1) is 3.57 Å². The molecule has 0 fully saturated rings. The average molecular weight is 640 g/mol. The van der Waals surface area contributed by atoms with E-state index in [2.05, 4.69) is 11.9 Å². The Kier molecular flexibility index (Phi) is 11.4. The van der Waals surface area contributed by atoms with Crippen LogP contribution in [0.2, 0.25) is 0 Å². The van der Waals surface area contributed by atoms with Gasteiger partial charge in [-0.15, -0.1) is 6.58 Å². The SMILES string of the molecule is C=CCCC(=O)N(CC(F)(F)F)C1CC(C(=O)NCCO)=CC(Oc2c(I)cc(C=O)cc2OC)C1O. The normalized spacial score (nSPS) is 19.4. The molecule has 13 heteroatoms. The Morgan fingerprint density at radius 3 is 2.62 bits per heavy atom. The highest BCUT2D eigenvalue weighted by molar-refractivity contribution is 14.1. The molecule has 0 spiro atoms. The van der Waals surface area contributed by atoms with Crippen molar-refractivity contribution in [3.63, 3.8) is 0 Å². The van der Waals surface area contributed by atoms with Gasteiger partial charge in [0.1, 0.15) is 25.0 Å². The summed E-state index contributed by atoms with van der Waals surface area (Å²) in [7, 11) is 1.32. The topological polar surface area (TPSA) is 125 Å². The van der Waals surface area contributed by atoms with Gasteiger partial charge < -0.3 is 29.9 Å². The first-order valence-electron chi connectivity index (χ1n) is 11.2. The molecule has 204 valence electrons. The number of rotatable bonds is 12. The molecule has 3 unspecified atom stereocenters. The first kappa shape index (κ1) is 30.6. The highest BCUT2D eigenvalue weighted by Gasteiger charge is 2.44. The van der Waals surface area contributed by atoms with Crippen molar-refractivity contribution in [3.05, 3.63) is 45.6 Å². The third kappa shape index (κ3) is 8.43. The Labute approximate surface area is 225 Å². The van der Waals surface area contributed by atoms with Crippen LogP contribution in [0.15, 0.2) is 36.4 Å². The van der Waals surface area contributed by atoms with Gasteiger partial charge in [-0.1, -0.05) is 6.08 Å². The number of benzene rings is 1. The average Bonchev–Trinajstić information content (AvgIpc) is 2.85. The lowest BCUT2D eigenvalue weighted by Crippen LogP contribution is -2.57. The number of nitrogens with one attached hydrogen (secondary N) is 1. The van der Waals surface area contributed by atoms with Crippen LogP contribution in [0.4, 0.5) is 13.2 Å². The first-order valence-corrected chi connectivity index (χ1v) is 12.3. The lowest BCUT2D eigenvalue weighted by atomic mass is 9.88. The second-order valence-electron chi connectivity index (χ2n) is 8.13. The van der Waals surface area contributed by atoms with Crippen LogP contribution in [0.5, 0.6) is 11.5 Å². The molecule has 1 aliphatic rings. The fourth-order valence-corrected chi connectivity index (χ4v) is 4.54. The van der Waals surface area contributed by atoms with E-state index in [9.17, 15) is 32.7 Å². The minimum atomic E-state index is -4.77. The number of aldehydes is 1. The zero-order valence-electron chi connectivity index (χ0n) is 20.0. The van der Waals surface area contributed by atoms with E-state index >= 15 is 0 Å². The van der Waals surface area contributed by atoms with E-state index in [1.54, 1.807) is 0 Å². The summed E-state index contributed by atoms with van der Waals surface area (Å²) in [6.07, 6.45) is -5.09. The Bertz CT molecular complexity index is 1030. The van der Waals surface area contributed by atoms with Crippen molar-refractivity contribution in [2.24, 2.45) is 0 Å². The van der Waals surface area contributed by atoms with E-state index in [1.165, 1.54) is 31.4 Å². The maximum absolute atomic E-state index is 13.5. The number of hydrogen-bond donors (Lipinski definition) is 3. The van der Waals surface area contributed by atoms with Crippen LogP contribution < -0.4 is 14.8 Å². The molecule has 0 radical (unpaired) electrons. The first-order chi connectivity index (χ1) is 17.4. The van der Waals surface area contributed by atoms with Crippen LogP contribution in [-0.4, -0.2) is 84.4 Å². The fourth-order valence-electron chi connectivity index (χ4n) is 3.79. The van der Waals surface area contributed by atoms with E-state index in [4.69, 9.17) is 14.6 Å². The van der Waals surface area contributed by atoms with Crippen LogP contribution in [0.1, 0.15) is 29.6 Å². The summed E-state index contributed by atoms with van der Waals surface area (Å²) >= 11 is 1.86. The smallest absolute Gasteiger partial charge is 0.406 e. The Hall–Kier alpha value is -2.65. The molecule has 37 heavy (non-hydrogen) atoms. The number of allylic oxidation sites excluding steroid dienone is 1. The molecule has 0 heterocycles. The maximum Gasteiger partial charge on any atom is 0.406 e. The number of hydrogen-bond acceptors (Lipinski definition) is 7. The predicted octanol–water partition coefficient (Wildman–Crippen LogP) is 2.38. The highest BCUT2D eigenvalue weighted by Crippen LogP contribution is 2.37. The number of halogens is 4. The number of ether oxygens (including phenoxy) is 2. The largest absolute Gasteiger partial charge is 0.493 e. The molecule has 0 aromatic heterocycles. The quantitative estimate of drug-likeness (QED) is 0.182. The number of aliphatic hydroxyl groups excluding tert-OH is 2. The Morgan fingerprint density at radius 2 is 2.05 bits per heavy atom. The molecule has 0 aliphatic heterocycles. The van der Waals surface area contributed by atoms with Crippen molar-refractivity contribution >= 4 is 40.7 Å². The maximum atomic E-state index is 13.5. The number of carbonyl (C=O) groups excluding carboxylic acids is 3. The molecular weight excluding hydrogens is 612 g/mol. The summed E-state index contributed by atoms with van der Waals surface area (Å²) in [6.45, 7) is 1.35. The summed E-state index contributed by atoms with van der Waals surface area (Å²) < 4.78 is 52.0. The van der Waals surface area contributed by atoms with Gasteiger partial charge in [-0.2, -0.15) is 13.2 Å². The summed E-state index contributed by atoms with van der Waals surface area (Å²) in [5, 5.41) is 22.6. The predicted molar refractivity (Wildman–Crippen MR) is 135 cm³/mol. The van der Waals surface area contributed by atoms with E-state index in [0.717, 1.165) is 0 Å². The minimum Gasteiger partial charge on any atom is -0.493 e. The fraction of sp³-hybridized carbons (Fsp3) is 0.458. The number of nitrogens with zero attached hydrogens (tertiary/aromatic N) is 1. The zero-order chi connectivity index (χ0) is 27.8. The van der Waals surface area contributed by atoms with Crippen molar-refractivity contribution in [1.82, 2.24) is 10.2 Å². The molecule has 9 nitrogen and oxygen atoms in total. The molecule has 1 aromatic carbocycles. The van der Waals surface area contributed by atoms with Crippen molar-refractivity contribution in [2.75, 3.05) is 26.8 Å². The lowest BCUT2D eigenvalue weighted by Gasteiger charge is -2.41. The van der Waals surface area contributed by atoms with Crippen molar-refractivity contribution < 1.29 is 47.2 Å². The van der Waals surface area contributed by atoms with Gasteiger partial charge in [0, 0.05) is 30.5 Å². The van der Waals surface area contributed by atoms with Crippen molar-refractivity contribution in [3.8, 4) is 11.5 Å². The second kappa shape index (κ2) is 13.8. The van der Waals surface area contributed by atoms with Crippen LogP contribution in [0.25, 0.3) is 0 Å². The number of methoxy groups -OCH3 is 1. The van der Waals surface area contributed by atoms with Gasteiger partial charge in [-0.3, -0.25) is 14.4 Å². The number of alkyl halides is 3. The number of amides is 2. The van der Waals surface area contributed by atoms with Crippen LogP contribution >= 0.6 is 22.6 Å². The molecule has 0 saturated heterocycles. The number of carbonyl (C=O) groups is 3. The second-order valence-corrected chi connectivity index (χ2v) is 9.29. The standard InChI is InChI=1S/C24H28F3IN2O7/c1-3-4-5-20(33)30(13-24(25,26)27)17-10-15(23(35)29-6-7-31)11-18(21(17)34)37-22-16(28)8-14(12-32)9-19(22)36-2/h3,8-9,11-12,17-18,21,31,34H,1,4-7,10,13H2,2H3,(H,29,35). The Balaban J connectivity index is 2.54. The third-order valence-corrected chi connectivity index (χ3v) is 6.29. The Morgan fingerprint density at radius 1 is 1.35 bits per heavy atom. The summed E-state index contributed by atoms with van der Waals surface area (Å²) in [5.74, 6) is -1.36. The minimum absolute atomic E-state index is 0.0315. The molecule has 2 rings (SSSR count).